The van der Waals surface area contributed by atoms with Crippen molar-refractivity contribution in [2.45, 2.75) is 57.8 Å². The fourth-order valence-electron chi connectivity index (χ4n) is 2.54. The fraction of sp³-hybridized carbons (Fsp3) is 0.562. The third-order valence-electron chi connectivity index (χ3n) is 3.50. The Balaban J connectivity index is 2.02. The van der Waals surface area contributed by atoms with E-state index in [1.165, 1.54) is 18.2 Å². The zero-order chi connectivity index (χ0) is 17.0. The first-order valence-corrected chi connectivity index (χ1v) is 7.64. The second-order valence-electron chi connectivity index (χ2n) is 6.59. The summed E-state index contributed by atoms with van der Waals surface area (Å²) in [7, 11) is 0. The van der Waals surface area contributed by atoms with Gasteiger partial charge in [-0.2, -0.15) is 0 Å². The van der Waals surface area contributed by atoms with Crippen LogP contribution in [0.5, 0.6) is 5.75 Å². The number of carbonyl (C=O) groups excluding carboxylic acids is 1. The monoisotopic (exact) mass is 326 g/mol. The second-order valence-corrected chi connectivity index (χ2v) is 6.59. The molecule has 0 unspecified atom stereocenters. The molecule has 1 amide bonds. The number of ether oxygens (including phenoxy) is 2. The van der Waals surface area contributed by atoms with Gasteiger partial charge in [-0.3, -0.25) is 10.7 Å². The fourth-order valence-corrected chi connectivity index (χ4v) is 2.54. The minimum Gasteiger partial charge on any atom is -0.486 e. The lowest BCUT2D eigenvalue weighted by atomic mass is 10.2. The summed E-state index contributed by atoms with van der Waals surface area (Å²) < 4.78 is 24.4. The summed E-state index contributed by atoms with van der Waals surface area (Å²) in [4.78, 5) is 11.9. The Hall–Kier alpha value is -2.02. The smallest absolute Gasteiger partial charge is 0.408 e. The van der Waals surface area contributed by atoms with E-state index < -0.39 is 17.5 Å². The maximum atomic E-state index is 13.4. The first-order valence-electron chi connectivity index (χ1n) is 7.64. The first-order chi connectivity index (χ1) is 10.8. The minimum atomic E-state index is -0.574. The van der Waals surface area contributed by atoms with Crippen LogP contribution in [0, 0.1) is 5.82 Å². The van der Waals surface area contributed by atoms with Crippen LogP contribution in [0.2, 0.25) is 0 Å². The van der Waals surface area contributed by atoms with E-state index in [0.717, 1.165) is 19.3 Å². The molecule has 0 bridgehead atoms. The van der Waals surface area contributed by atoms with Crippen molar-refractivity contribution in [3.05, 3.63) is 24.0 Å². The van der Waals surface area contributed by atoms with Crippen LogP contribution in [0.3, 0.4) is 0 Å². The van der Waals surface area contributed by atoms with Gasteiger partial charge in [-0.25, -0.2) is 9.18 Å². The first kappa shape index (κ1) is 17.3. The highest BCUT2D eigenvalue weighted by Crippen LogP contribution is 2.30. The number of benzene rings is 1. The van der Waals surface area contributed by atoms with Crippen LogP contribution >= 0.6 is 0 Å². The second kappa shape index (κ2) is 7.04. The van der Waals surface area contributed by atoms with Crippen LogP contribution in [0.25, 0.3) is 0 Å². The van der Waals surface area contributed by atoms with E-state index in [9.17, 15) is 9.18 Å². The molecule has 128 valence electrons. The van der Waals surface area contributed by atoms with Crippen LogP contribution in [0.4, 0.5) is 14.9 Å². The van der Waals surface area contributed by atoms with E-state index in [2.05, 4.69) is 5.32 Å². The quantitative estimate of drug-likeness (QED) is 0.739. The topological polar surface area (TPSA) is 79.8 Å². The van der Waals surface area contributed by atoms with Crippen molar-refractivity contribution in [1.82, 2.24) is 5.32 Å². The Labute approximate surface area is 134 Å². The Kier molecular flexibility index (Phi) is 5.30. The number of hydrogen-bond acceptors (Lipinski definition) is 5. The van der Waals surface area contributed by atoms with Gasteiger partial charge in [-0.1, -0.05) is 0 Å². The molecule has 1 fully saturated rings. The molecule has 7 heteroatoms. The number of halogens is 1. The van der Waals surface area contributed by atoms with Crippen molar-refractivity contribution in [1.29, 1.82) is 0 Å². The summed E-state index contributed by atoms with van der Waals surface area (Å²) in [5.41, 5.74) is 1.68. The van der Waals surface area contributed by atoms with Crippen LogP contribution in [0.15, 0.2) is 18.2 Å². The maximum absolute atomic E-state index is 13.4. The molecule has 1 aromatic rings. The van der Waals surface area contributed by atoms with Gasteiger partial charge >= 0.3 is 6.09 Å². The maximum Gasteiger partial charge on any atom is 0.408 e. The number of nitrogens with one attached hydrogen (secondary N) is 2. The normalized spacial score (nSPS) is 20.9. The predicted octanol–water partition coefficient (Wildman–Crippen LogP) is 3.45. The van der Waals surface area contributed by atoms with Crippen LogP contribution in [0.1, 0.15) is 40.0 Å². The Bertz CT molecular complexity index is 560. The molecule has 3 N–H and O–H groups in total. The van der Waals surface area contributed by atoms with Gasteiger partial charge in [0, 0.05) is 6.07 Å². The summed E-state index contributed by atoms with van der Waals surface area (Å²) in [5.74, 6) is -0.260. The van der Waals surface area contributed by atoms with Crippen molar-refractivity contribution in [2.24, 2.45) is 0 Å². The van der Waals surface area contributed by atoms with Crippen LogP contribution in [-0.2, 0) is 4.74 Å². The number of hydrogen-bond donors (Lipinski definition) is 3. The van der Waals surface area contributed by atoms with E-state index >= 15 is 0 Å². The molecule has 1 aliphatic rings. The summed E-state index contributed by atoms with van der Waals surface area (Å²) in [5, 5.41) is 11.9. The lowest BCUT2D eigenvalue weighted by Crippen LogP contribution is -2.44. The zero-order valence-corrected chi connectivity index (χ0v) is 13.6. The molecular weight excluding hydrogens is 303 g/mol. The number of carbonyl (C=O) groups is 1. The lowest BCUT2D eigenvalue weighted by molar-refractivity contribution is 0.0464. The molecule has 0 saturated heterocycles. The molecule has 23 heavy (non-hydrogen) atoms. The molecule has 0 aromatic heterocycles. The van der Waals surface area contributed by atoms with Gasteiger partial charge in [0.25, 0.3) is 0 Å². The van der Waals surface area contributed by atoms with Crippen molar-refractivity contribution in [3.63, 3.8) is 0 Å². The van der Waals surface area contributed by atoms with Crippen molar-refractivity contribution >= 4 is 11.8 Å². The molecule has 2 rings (SSSR count). The third-order valence-corrected chi connectivity index (χ3v) is 3.50. The SMILES string of the molecule is CC(C)(C)OC(=O)N[C@H]1CCC[C@@H]1Oc1cc(F)ccc1NO. The highest BCUT2D eigenvalue weighted by molar-refractivity contribution is 5.68. The van der Waals surface area contributed by atoms with Gasteiger partial charge in [0.15, 0.2) is 0 Å². The number of amides is 1. The molecule has 6 nitrogen and oxygen atoms in total. The van der Waals surface area contributed by atoms with Crippen LogP contribution in [-0.4, -0.2) is 29.0 Å². The Morgan fingerprint density at radius 2 is 2.09 bits per heavy atom. The third kappa shape index (κ3) is 4.99. The van der Waals surface area contributed by atoms with Gasteiger partial charge < -0.3 is 14.8 Å². The van der Waals surface area contributed by atoms with Gasteiger partial charge in [-0.05, 0) is 52.2 Å². The van der Waals surface area contributed by atoms with Crippen LogP contribution < -0.4 is 15.5 Å². The molecule has 1 aliphatic carbocycles. The lowest BCUT2D eigenvalue weighted by Gasteiger charge is -2.25. The van der Waals surface area contributed by atoms with E-state index in [4.69, 9.17) is 14.7 Å². The summed E-state index contributed by atoms with van der Waals surface area (Å²) >= 11 is 0. The molecule has 0 radical (unpaired) electrons. The highest BCUT2D eigenvalue weighted by Gasteiger charge is 2.32. The summed E-state index contributed by atoms with van der Waals surface area (Å²) in [6.45, 7) is 5.38. The van der Waals surface area contributed by atoms with Gasteiger partial charge in [0.05, 0.1) is 6.04 Å². The molecule has 1 aromatic carbocycles. The number of rotatable bonds is 4. The molecule has 0 aliphatic heterocycles. The van der Waals surface area contributed by atoms with Crippen molar-refractivity contribution < 1.29 is 23.9 Å². The van der Waals surface area contributed by atoms with Crippen molar-refractivity contribution in [2.75, 3.05) is 5.48 Å². The van der Waals surface area contributed by atoms with E-state index in [1.807, 2.05) is 5.48 Å². The number of anilines is 1. The summed E-state index contributed by atoms with van der Waals surface area (Å²) in [6, 6.07) is 3.58. The summed E-state index contributed by atoms with van der Waals surface area (Å²) in [6.07, 6.45) is 1.54. The van der Waals surface area contributed by atoms with Gasteiger partial charge in [-0.15, -0.1) is 0 Å². The minimum absolute atomic E-state index is 0.204. The van der Waals surface area contributed by atoms with E-state index in [0.29, 0.717) is 0 Å². The molecule has 2 atom stereocenters. The standard InChI is InChI=1S/C16H23FN2O4/c1-16(2,3)23-15(20)18-11-5-4-6-13(11)22-14-9-10(17)7-8-12(14)19-21/h7-9,11,13,19,21H,4-6H2,1-3H3,(H,18,20)/t11-,13-/m0/s1. The largest absolute Gasteiger partial charge is 0.486 e. The highest BCUT2D eigenvalue weighted by atomic mass is 19.1. The van der Waals surface area contributed by atoms with Crippen molar-refractivity contribution in [3.8, 4) is 5.75 Å². The van der Waals surface area contributed by atoms with Gasteiger partial charge in [0.1, 0.15) is 29.0 Å². The molecular formula is C16H23FN2O4. The molecule has 0 heterocycles. The van der Waals surface area contributed by atoms with E-state index in [-0.39, 0.29) is 23.6 Å². The molecule has 1 saturated carbocycles. The zero-order valence-electron chi connectivity index (χ0n) is 13.6. The number of alkyl carbamates (subject to hydrolysis) is 1. The van der Waals surface area contributed by atoms with E-state index in [1.54, 1.807) is 20.8 Å². The predicted molar refractivity (Wildman–Crippen MR) is 83.2 cm³/mol. The van der Waals surface area contributed by atoms with Gasteiger partial charge in [0.2, 0.25) is 0 Å². The average molecular weight is 326 g/mol. The average Bonchev–Trinajstić information content (AvgIpc) is 2.84. The Morgan fingerprint density at radius 1 is 1.35 bits per heavy atom. The Morgan fingerprint density at radius 3 is 2.74 bits per heavy atom. The molecule has 0 spiro atoms.